The first-order chi connectivity index (χ1) is 7.61. The van der Waals surface area contributed by atoms with E-state index in [9.17, 15) is 0 Å². The standard InChI is InChI=1S/C10H10N6/c1-6-14-7(2)16(15-6)10-9(12)3-8(4-11)5-13-10/h3,5H,12H2,1-2H3. The van der Waals surface area contributed by atoms with Gasteiger partial charge in [0.05, 0.1) is 11.3 Å². The van der Waals surface area contributed by atoms with E-state index in [-0.39, 0.29) is 0 Å². The summed E-state index contributed by atoms with van der Waals surface area (Å²) in [4.78, 5) is 8.27. The minimum atomic E-state index is 0.409. The molecule has 2 heterocycles. The number of hydrogen-bond acceptors (Lipinski definition) is 5. The fourth-order valence-corrected chi connectivity index (χ4v) is 1.43. The van der Waals surface area contributed by atoms with Gasteiger partial charge in [-0.2, -0.15) is 9.94 Å². The van der Waals surface area contributed by atoms with Crippen molar-refractivity contribution in [3.05, 3.63) is 29.5 Å². The van der Waals surface area contributed by atoms with E-state index < -0.39 is 0 Å². The van der Waals surface area contributed by atoms with Gasteiger partial charge in [-0.05, 0) is 19.9 Å². The van der Waals surface area contributed by atoms with E-state index in [2.05, 4.69) is 15.1 Å². The van der Waals surface area contributed by atoms with Gasteiger partial charge in [0.1, 0.15) is 17.7 Å². The topological polar surface area (TPSA) is 93.4 Å². The van der Waals surface area contributed by atoms with E-state index in [0.29, 0.717) is 28.7 Å². The smallest absolute Gasteiger partial charge is 0.178 e. The van der Waals surface area contributed by atoms with Crippen molar-refractivity contribution in [1.82, 2.24) is 19.7 Å². The van der Waals surface area contributed by atoms with Crippen molar-refractivity contribution in [1.29, 1.82) is 5.26 Å². The van der Waals surface area contributed by atoms with Gasteiger partial charge in [-0.25, -0.2) is 9.97 Å². The predicted octanol–water partition coefficient (Wildman–Crippen LogP) is 0.733. The molecule has 6 nitrogen and oxygen atoms in total. The van der Waals surface area contributed by atoms with Gasteiger partial charge in [0, 0.05) is 6.20 Å². The molecule has 0 saturated heterocycles. The second-order valence-corrected chi connectivity index (χ2v) is 3.37. The molecule has 2 rings (SSSR count). The number of hydrogen-bond donors (Lipinski definition) is 1. The fourth-order valence-electron chi connectivity index (χ4n) is 1.43. The quantitative estimate of drug-likeness (QED) is 0.755. The largest absolute Gasteiger partial charge is 0.396 e. The third-order valence-corrected chi connectivity index (χ3v) is 2.10. The summed E-state index contributed by atoms with van der Waals surface area (Å²) in [5.41, 5.74) is 6.64. The van der Waals surface area contributed by atoms with Crippen LogP contribution in [0.2, 0.25) is 0 Å². The molecule has 0 atom stereocenters. The minimum absolute atomic E-state index is 0.409. The molecule has 6 heteroatoms. The minimum Gasteiger partial charge on any atom is -0.396 e. The van der Waals surface area contributed by atoms with Crippen LogP contribution in [0.1, 0.15) is 17.2 Å². The van der Waals surface area contributed by atoms with E-state index in [1.165, 1.54) is 6.20 Å². The Kier molecular flexibility index (Phi) is 2.29. The van der Waals surface area contributed by atoms with Crippen LogP contribution in [-0.4, -0.2) is 19.7 Å². The number of aromatic nitrogens is 4. The summed E-state index contributed by atoms with van der Waals surface area (Å²) in [6, 6.07) is 3.55. The lowest BCUT2D eigenvalue weighted by molar-refractivity contribution is 0.806. The zero-order valence-corrected chi connectivity index (χ0v) is 8.97. The number of anilines is 1. The summed E-state index contributed by atoms with van der Waals surface area (Å²) in [6.07, 6.45) is 1.46. The first-order valence-corrected chi connectivity index (χ1v) is 4.68. The van der Waals surface area contributed by atoms with Crippen LogP contribution in [0.15, 0.2) is 12.3 Å². The van der Waals surface area contributed by atoms with Gasteiger partial charge in [-0.15, -0.1) is 5.10 Å². The highest BCUT2D eigenvalue weighted by Gasteiger charge is 2.10. The molecule has 16 heavy (non-hydrogen) atoms. The molecule has 2 N–H and O–H groups in total. The van der Waals surface area contributed by atoms with E-state index in [1.54, 1.807) is 17.7 Å². The molecule has 0 radical (unpaired) electrons. The molecule has 2 aromatic rings. The molecule has 0 bridgehead atoms. The molecule has 80 valence electrons. The van der Waals surface area contributed by atoms with Gasteiger partial charge in [0.2, 0.25) is 0 Å². The Hall–Kier alpha value is -2.42. The van der Waals surface area contributed by atoms with Crippen molar-refractivity contribution in [2.75, 3.05) is 5.73 Å². The predicted molar refractivity (Wildman–Crippen MR) is 57.8 cm³/mol. The van der Waals surface area contributed by atoms with Gasteiger partial charge < -0.3 is 5.73 Å². The lowest BCUT2D eigenvalue weighted by atomic mass is 10.3. The van der Waals surface area contributed by atoms with Gasteiger partial charge in [-0.3, -0.25) is 0 Å². The SMILES string of the molecule is Cc1nc(C)n(-c2ncc(C#N)cc2N)n1. The maximum Gasteiger partial charge on any atom is 0.178 e. The number of rotatable bonds is 1. The molecule has 0 unspecified atom stereocenters. The molecule has 0 amide bonds. The van der Waals surface area contributed by atoms with Crippen LogP contribution in [0.25, 0.3) is 5.82 Å². The second kappa shape index (κ2) is 3.62. The maximum absolute atomic E-state index is 8.70. The highest BCUT2D eigenvalue weighted by molar-refractivity contribution is 5.56. The van der Waals surface area contributed by atoms with Crippen LogP contribution in [0.4, 0.5) is 5.69 Å². The molecule has 0 aliphatic rings. The summed E-state index contributed by atoms with van der Waals surface area (Å²) in [5.74, 6) is 1.86. The van der Waals surface area contributed by atoms with Crippen molar-refractivity contribution in [2.24, 2.45) is 0 Å². The van der Waals surface area contributed by atoms with Gasteiger partial charge in [-0.1, -0.05) is 0 Å². The number of nitrogens with two attached hydrogens (primary N) is 1. The lowest BCUT2D eigenvalue weighted by Gasteiger charge is -2.05. The molecule has 2 aromatic heterocycles. The van der Waals surface area contributed by atoms with Crippen molar-refractivity contribution in [2.45, 2.75) is 13.8 Å². The fraction of sp³-hybridized carbons (Fsp3) is 0.200. The molecule has 0 aliphatic carbocycles. The Balaban J connectivity index is 2.57. The molecule has 0 spiro atoms. The number of pyridine rings is 1. The highest BCUT2D eigenvalue weighted by Crippen LogP contribution is 2.15. The van der Waals surface area contributed by atoms with Crippen LogP contribution < -0.4 is 5.73 Å². The summed E-state index contributed by atoms with van der Waals surface area (Å²) in [7, 11) is 0. The van der Waals surface area contributed by atoms with Crippen molar-refractivity contribution in [3.8, 4) is 11.9 Å². The van der Waals surface area contributed by atoms with Crippen molar-refractivity contribution in [3.63, 3.8) is 0 Å². The number of nitriles is 1. The molecular weight excluding hydrogens is 204 g/mol. The Morgan fingerprint density at radius 3 is 2.69 bits per heavy atom. The third-order valence-electron chi connectivity index (χ3n) is 2.10. The van der Waals surface area contributed by atoms with Crippen molar-refractivity contribution < 1.29 is 0 Å². The number of nitrogens with zero attached hydrogens (tertiary/aromatic N) is 5. The molecular formula is C10H10N6. The zero-order chi connectivity index (χ0) is 11.7. The second-order valence-electron chi connectivity index (χ2n) is 3.37. The Morgan fingerprint density at radius 1 is 1.44 bits per heavy atom. The Bertz CT molecular complexity index is 577. The van der Waals surface area contributed by atoms with Gasteiger partial charge in [0.25, 0.3) is 0 Å². The normalized spacial score (nSPS) is 10.1. The summed E-state index contributed by atoms with van der Waals surface area (Å²) >= 11 is 0. The number of nitrogen functional groups attached to an aromatic ring is 1. The van der Waals surface area contributed by atoms with Crippen LogP contribution in [0, 0.1) is 25.2 Å². The van der Waals surface area contributed by atoms with Gasteiger partial charge in [0.15, 0.2) is 5.82 Å². The van der Waals surface area contributed by atoms with Crippen LogP contribution in [0.5, 0.6) is 0 Å². The molecule has 0 aliphatic heterocycles. The first-order valence-electron chi connectivity index (χ1n) is 4.68. The van der Waals surface area contributed by atoms with E-state index >= 15 is 0 Å². The van der Waals surface area contributed by atoms with Crippen LogP contribution >= 0.6 is 0 Å². The molecule has 0 saturated carbocycles. The first kappa shape index (κ1) is 10.1. The molecule has 0 aromatic carbocycles. The van der Waals surface area contributed by atoms with Crippen LogP contribution in [-0.2, 0) is 0 Å². The monoisotopic (exact) mass is 214 g/mol. The molecule has 0 fully saturated rings. The summed E-state index contributed by atoms with van der Waals surface area (Å²) < 4.78 is 1.56. The average Bonchev–Trinajstić information content (AvgIpc) is 2.57. The van der Waals surface area contributed by atoms with Crippen LogP contribution in [0.3, 0.4) is 0 Å². The summed E-state index contributed by atoms with van der Waals surface area (Å²) in [5, 5.41) is 12.9. The van der Waals surface area contributed by atoms with E-state index in [4.69, 9.17) is 11.0 Å². The highest BCUT2D eigenvalue weighted by atomic mass is 15.4. The lowest BCUT2D eigenvalue weighted by Crippen LogP contribution is -2.06. The zero-order valence-electron chi connectivity index (χ0n) is 8.97. The summed E-state index contributed by atoms with van der Waals surface area (Å²) in [6.45, 7) is 3.61. The maximum atomic E-state index is 8.70. The Morgan fingerprint density at radius 2 is 2.19 bits per heavy atom. The third kappa shape index (κ3) is 1.59. The van der Waals surface area contributed by atoms with E-state index in [1.807, 2.05) is 13.0 Å². The van der Waals surface area contributed by atoms with Crippen molar-refractivity contribution >= 4 is 5.69 Å². The van der Waals surface area contributed by atoms with Gasteiger partial charge >= 0.3 is 0 Å². The Labute approximate surface area is 92.4 Å². The average molecular weight is 214 g/mol. The number of aryl methyl sites for hydroxylation is 2. The van der Waals surface area contributed by atoms with E-state index in [0.717, 1.165) is 0 Å².